The molecule has 1 N–H and O–H groups in total. The van der Waals surface area contributed by atoms with Crippen LogP contribution in [-0.4, -0.2) is 16.8 Å². The predicted molar refractivity (Wildman–Crippen MR) is 53.1 cm³/mol. The predicted octanol–water partition coefficient (Wildman–Crippen LogP) is 2.72. The van der Waals surface area contributed by atoms with Gasteiger partial charge >= 0.3 is 5.92 Å². The van der Waals surface area contributed by atoms with E-state index >= 15 is 0 Å². The van der Waals surface area contributed by atoms with Crippen molar-refractivity contribution in [1.82, 2.24) is 4.98 Å². The zero-order valence-corrected chi connectivity index (χ0v) is 8.68. The minimum absolute atomic E-state index is 0.0145. The lowest BCUT2D eigenvalue weighted by Crippen LogP contribution is -2.34. The molecule has 0 saturated heterocycles. The minimum atomic E-state index is -3.38. The summed E-state index contributed by atoms with van der Waals surface area (Å²) in [5.41, 5.74) is 0. The van der Waals surface area contributed by atoms with Gasteiger partial charge in [0.1, 0.15) is 5.82 Å². The number of alkyl halides is 2. The number of anilines is 1. The van der Waals surface area contributed by atoms with E-state index in [2.05, 4.69) is 4.98 Å². The van der Waals surface area contributed by atoms with Gasteiger partial charge in [0.2, 0.25) is 0 Å². The Labute approximate surface area is 90.5 Å². The second kappa shape index (κ2) is 4.53. The Morgan fingerprint density at radius 1 is 1.67 bits per heavy atom. The number of hydrogen-bond acceptors (Lipinski definition) is 2. The number of carbonyl (C=O) groups excluding carboxylic acids is 1. The van der Waals surface area contributed by atoms with Gasteiger partial charge in [0.15, 0.2) is 0 Å². The fourth-order valence-corrected chi connectivity index (χ4v) is 1.00. The highest BCUT2D eigenvalue weighted by Crippen LogP contribution is 2.20. The van der Waals surface area contributed by atoms with Gasteiger partial charge in [-0.3, -0.25) is 4.79 Å². The van der Waals surface area contributed by atoms with Gasteiger partial charge in [-0.1, -0.05) is 18.5 Å². The Balaban J connectivity index is 2.75. The molecule has 1 aromatic heterocycles. The summed E-state index contributed by atoms with van der Waals surface area (Å²) in [5, 5.41) is 2.31. The maximum absolute atomic E-state index is 12.9. The van der Waals surface area contributed by atoms with Crippen molar-refractivity contribution in [2.75, 3.05) is 5.32 Å². The van der Waals surface area contributed by atoms with E-state index < -0.39 is 18.3 Å². The number of nitrogens with zero attached hydrogens (tertiary/aromatic N) is 1. The number of carbonyl (C=O) groups is 1. The van der Waals surface area contributed by atoms with E-state index in [0.717, 1.165) is 0 Å². The van der Waals surface area contributed by atoms with Crippen molar-refractivity contribution in [2.45, 2.75) is 19.3 Å². The molecule has 1 rings (SSSR count). The van der Waals surface area contributed by atoms with Gasteiger partial charge in [-0.2, -0.15) is 8.78 Å². The molecule has 0 aliphatic heterocycles. The first-order valence-corrected chi connectivity index (χ1v) is 4.64. The number of pyridine rings is 1. The van der Waals surface area contributed by atoms with Crippen molar-refractivity contribution in [1.29, 1.82) is 0 Å². The smallest absolute Gasteiger partial charge is 0.305 e. The fraction of sp³-hybridized carbons (Fsp3) is 0.333. The Morgan fingerprint density at radius 2 is 2.33 bits per heavy atom. The van der Waals surface area contributed by atoms with E-state index in [1.807, 2.05) is 5.32 Å². The zero-order chi connectivity index (χ0) is 11.5. The maximum atomic E-state index is 12.9. The summed E-state index contributed by atoms with van der Waals surface area (Å²) in [7, 11) is 0. The first kappa shape index (κ1) is 11.8. The Morgan fingerprint density at radius 3 is 2.87 bits per heavy atom. The van der Waals surface area contributed by atoms with Crippen molar-refractivity contribution in [3.05, 3.63) is 23.4 Å². The summed E-state index contributed by atoms with van der Waals surface area (Å²) in [6.45, 7) is 1.23. The molecule has 1 amide bonds. The molecular formula is C9H9ClF2N2O. The molecule has 0 atom stereocenters. The number of aromatic nitrogens is 1. The highest BCUT2D eigenvalue weighted by molar-refractivity contribution is 6.30. The standard InChI is InChI=1S/C9H9ClF2N2O/c1-2-9(11,12)8(15)14-7-5-6(10)3-4-13-7/h3-5H,2H2,1H3,(H,13,14,15). The number of amides is 1. The summed E-state index contributed by atoms with van der Waals surface area (Å²) < 4.78 is 25.7. The summed E-state index contributed by atoms with van der Waals surface area (Å²) in [5.74, 6) is -4.75. The average molecular weight is 235 g/mol. The molecule has 6 heteroatoms. The van der Waals surface area contributed by atoms with Gasteiger partial charge in [-0.25, -0.2) is 4.98 Å². The minimum Gasteiger partial charge on any atom is -0.305 e. The Bertz CT molecular complexity index is 371. The summed E-state index contributed by atoms with van der Waals surface area (Å²) in [6, 6.07) is 2.78. The molecule has 0 radical (unpaired) electrons. The molecule has 0 spiro atoms. The van der Waals surface area contributed by atoms with Crippen LogP contribution in [-0.2, 0) is 4.79 Å². The lowest BCUT2D eigenvalue weighted by molar-refractivity contribution is -0.139. The molecule has 0 aromatic carbocycles. The lowest BCUT2D eigenvalue weighted by atomic mass is 10.2. The maximum Gasteiger partial charge on any atom is 0.324 e. The molecule has 0 unspecified atom stereocenters. The fourth-order valence-electron chi connectivity index (χ4n) is 0.841. The third kappa shape index (κ3) is 3.13. The van der Waals surface area contributed by atoms with Crippen LogP contribution >= 0.6 is 11.6 Å². The highest BCUT2D eigenvalue weighted by atomic mass is 35.5. The van der Waals surface area contributed by atoms with Crippen LogP contribution < -0.4 is 5.32 Å². The van der Waals surface area contributed by atoms with Crippen molar-refractivity contribution in [3.63, 3.8) is 0 Å². The Hall–Kier alpha value is -1.23. The van der Waals surface area contributed by atoms with Crippen LogP contribution in [0.25, 0.3) is 0 Å². The second-order valence-electron chi connectivity index (χ2n) is 2.87. The van der Waals surface area contributed by atoms with Crippen LogP contribution in [0, 0.1) is 0 Å². The van der Waals surface area contributed by atoms with Crippen molar-refractivity contribution in [2.24, 2.45) is 0 Å². The third-order valence-electron chi connectivity index (χ3n) is 1.74. The van der Waals surface area contributed by atoms with E-state index in [9.17, 15) is 13.6 Å². The van der Waals surface area contributed by atoms with Crippen LogP contribution in [0.5, 0.6) is 0 Å². The second-order valence-corrected chi connectivity index (χ2v) is 3.31. The quantitative estimate of drug-likeness (QED) is 0.874. The van der Waals surface area contributed by atoms with Gasteiger partial charge in [0, 0.05) is 17.6 Å². The van der Waals surface area contributed by atoms with Crippen LogP contribution in [0.1, 0.15) is 13.3 Å². The summed E-state index contributed by atoms with van der Waals surface area (Å²) >= 11 is 5.60. The van der Waals surface area contributed by atoms with Crippen molar-refractivity contribution in [3.8, 4) is 0 Å². The SMILES string of the molecule is CCC(F)(F)C(=O)Nc1cc(Cl)ccn1. The number of hydrogen-bond donors (Lipinski definition) is 1. The normalized spacial score (nSPS) is 11.2. The molecule has 3 nitrogen and oxygen atoms in total. The molecular weight excluding hydrogens is 226 g/mol. The van der Waals surface area contributed by atoms with Gasteiger partial charge in [0.25, 0.3) is 5.91 Å². The van der Waals surface area contributed by atoms with Crippen LogP contribution in [0.2, 0.25) is 5.02 Å². The van der Waals surface area contributed by atoms with Crippen LogP contribution in [0.15, 0.2) is 18.3 Å². The molecule has 15 heavy (non-hydrogen) atoms. The van der Waals surface area contributed by atoms with Gasteiger partial charge in [-0.15, -0.1) is 0 Å². The molecule has 1 aromatic rings. The lowest BCUT2D eigenvalue weighted by Gasteiger charge is -2.13. The van der Waals surface area contributed by atoms with E-state index in [1.165, 1.54) is 25.3 Å². The van der Waals surface area contributed by atoms with Crippen LogP contribution in [0.4, 0.5) is 14.6 Å². The average Bonchev–Trinajstić information content (AvgIpc) is 2.17. The van der Waals surface area contributed by atoms with Gasteiger partial charge < -0.3 is 5.32 Å². The molecule has 0 bridgehead atoms. The van der Waals surface area contributed by atoms with E-state index in [4.69, 9.17) is 11.6 Å². The molecule has 1 heterocycles. The van der Waals surface area contributed by atoms with Gasteiger partial charge in [0.05, 0.1) is 0 Å². The highest BCUT2D eigenvalue weighted by Gasteiger charge is 2.36. The zero-order valence-electron chi connectivity index (χ0n) is 7.93. The monoisotopic (exact) mass is 234 g/mol. The molecule has 0 aliphatic rings. The van der Waals surface area contributed by atoms with Gasteiger partial charge in [-0.05, 0) is 12.1 Å². The first-order chi connectivity index (χ1) is 6.95. The number of halogens is 3. The van der Waals surface area contributed by atoms with E-state index in [0.29, 0.717) is 5.02 Å². The third-order valence-corrected chi connectivity index (χ3v) is 1.97. The Kier molecular flexibility index (Phi) is 3.57. The van der Waals surface area contributed by atoms with E-state index in [-0.39, 0.29) is 5.82 Å². The summed E-state index contributed by atoms with van der Waals surface area (Å²) in [6.07, 6.45) is 0.765. The largest absolute Gasteiger partial charge is 0.324 e. The van der Waals surface area contributed by atoms with E-state index in [1.54, 1.807) is 0 Å². The first-order valence-electron chi connectivity index (χ1n) is 4.26. The van der Waals surface area contributed by atoms with Crippen LogP contribution in [0.3, 0.4) is 0 Å². The topological polar surface area (TPSA) is 42.0 Å². The number of rotatable bonds is 3. The molecule has 82 valence electrons. The van der Waals surface area contributed by atoms with Crippen molar-refractivity contribution >= 4 is 23.3 Å². The molecule has 0 saturated carbocycles. The number of nitrogens with one attached hydrogen (secondary N) is 1. The molecule has 0 aliphatic carbocycles. The molecule has 0 fully saturated rings. The van der Waals surface area contributed by atoms with Crippen molar-refractivity contribution < 1.29 is 13.6 Å². The summed E-state index contributed by atoms with van der Waals surface area (Å²) in [4.78, 5) is 14.7.